The third-order valence-corrected chi connectivity index (χ3v) is 8.55. The van der Waals surface area contributed by atoms with E-state index in [-0.39, 0.29) is 24.8 Å². The van der Waals surface area contributed by atoms with Crippen LogP contribution in [0.4, 0.5) is 10.5 Å². The van der Waals surface area contributed by atoms with E-state index in [2.05, 4.69) is 9.88 Å². The topological polar surface area (TPSA) is 140 Å². The highest BCUT2D eigenvalue weighted by molar-refractivity contribution is 7.16. The minimum atomic E-state index is -1.04. The number of aryl methyl sites for hydroxylation is 1. The second-order valence-electron chi connectivity index (χ2n) is 11.5. The fourth-order valence-electron chi connectivity index (χ4n) is 5.25. The zero-order chi connectivity index (χ0) is 33.7. The summed E-state index contributed by atoms with van der Waals surface area (Å²) in [7, 11) is 1.62. The van der Waals surface area contributed by atoms with Crippen LogP contribution in [0.25, 0.3) is 4.96 Å². The lowest BCUT2D eigenvalue weighted by molar-refractivity contribution is -0.506. The Labute approximate surface area is 276 Å². The molecule has 5 aromatic rings. The molecule has 47 heavy (non-hydrogen) atoms. The molecule has 0 unspecified atom stereocenters. The van der Waals surface area contributed by atoms with E-state index in [0.717, 1.165) is 32.4 Å². The Morgan fingerprint density at radius 1 is 1.02 bits per heavy atom. The number of nitrogens with zero attached hydrogens (tertiary/aromatic N) is 3. The van der Waals surface area contributed by atoms with Gasteiger partial charge in [0.15, 0.2) is 5.69 Å². The molecular formula is C35H38N5O6S+. The van der Waals surface area contributed by atoms with E-state index in [1.54, 1.807) is 68.7 Å². The van der Waals surface area contributed by atoms with Crippen molar-refractivity contribution in [2.24, 2.45) is 5.73 Å². The van der Waals surface area contributed by atoms with Gasteiger partial charge in [-0.15, -0.1) is 0 Å². The number of hydrogen-bond acceptors (Lipinski definition) is 7. The number of benzene rings is 3. The van der Waals surface area contributed by atoms with E-state index < -0.39 is 23.9 Å². The number of esters is 1. The number of aromatic nitrogens is 2. The summed E-state index contributed by atoms with van der Waals surface area (Å²) in [5, 5.41) is 12.7. The van der Waals surface area contributed by atoms with Gasteiger partial charge in [0.05, 0.1) is 25.3 Å². The number of hydrogen-bond donors (Lipinski definition) is 3. The van der Waals surface area contributed by atoms with Gasteiger partial charge in [0, 0.05) is 17.0 Å². The molecule has 0 aliphatic carbocycles. The lowest BCUT2D eigenvalue weighted by atomic mass is 10.0. The summed E-state index contributed by atoms with van der Waals surface area (Å²) in [6.45, 7) is 6.11. The normalized spacial score (nSPS) is 11.8. The largest absolute Gasteiger partial charge is 0.508 e. The Kier molecular flexibility index (Phi) is 10.1. The molecule has 244 valence electrons. The molecule has 11 nitrogen and oxygen atoms in total. The number of phenols is 1. The maximum Gasteiger partial charge on any atom is 0.346 e. The van der Waals surface area contributed by atoms with E-state index in [4.69, 9.17) is 15.2 Å². The number of anilines is 1. The molecular weight excluding hydrogens is 618 g/mol. The highest BCUT2D eigenvalue weighted by Crippen LogP contribution is 2.23. The van der Waals surface area contributed by atoms with Crippen molar-refractivity contribution in [1.82, 2.24) is 9.47 Å². The summed E-state index contributed by atoms with van der Waals surface area (Å²) >= 11 is 1.62. The second-order valence-corrected chi connectivity index (χ2v) is 12.7. The Bertz CT molecular complexity index is 1880. The number of primary amides is 1. The molecule has 12 heteroatoms. The third kappa shape index (κ3) is 8.08. The number of urea groups is 1. The van der Waals surface area contributed by atoms with E-state index >= 15 is 0 Å². The number of carbonyl (C=O) groups excluding carboxylic acids is 3. The number of thiazole rings is 1. The van der Waals surface area contributed by atoms with Crippen LogP contribution >= 0.6 is 11.3 Å². The van der Waals surface area contributed by atoms with Crippen molar-refractivity contribution in [2.75, 3.05) is 12.4 Å². The van der Waals surface area contributed by atoms with Crippen LogP contribution in [0, 0.1) is 6.92 Å². The summed E-state index contributed by atoms with van der Waals surface area (Å²) in [5.41, 5.74) is 9.24. The van der Waals surface area contributed by atoms with Gasteiger partial charge in [0.25, 0.3) is 0 Å². The fourth-order valence-corrected chi connectivity index (χ4v) is 6.20. The monoisotopic (exact) mass is 656 g/mol. The molecule has 0 bridgehead atoms. The summed E-state index contributed by atoms with van der Waals surface area (Å²) in [4.78, 5) is 43.0. The first-order valence-electron chi connectivity index (χ1n) is 15.1. The molecule has 0 aliphatic rings. The first-order chi connectivity index (χ1) is 22.5. The smallest absolute Gasteiger partial charge is 0.346 e. The van der Waals surface area contributed by atoms with Crippen LogP contribution in [0.5, 0.6) is 11.5 Å². The van der Waals surface area contributed by atoms with E-state index in [1.165, 1.54) is 17.0 Å². The number of ether oxygens (including phenoxy) is 2. The summed E-state index contributed by atoms with van der Waals surface area (Å²) in [6, 6.07) is 19.0. The quantitative estimate of drug-likeness (QED) is 0.127. The van der Waals surface area contributed by atoms with Crippen LogP contribution in [-0.2, 0) is 29.0 Å². The molecule has 0 fully saturated rings. The number of nitrogens with one attached hydrogen (secondary N) is 1. The van der Waals surface area contributed by atoms with E-state index in [0.29, 0.717) is 17.8 Å². The van der Waals surface area contributed by atoms with Crippen molar-refractivity contribution in [1.29, 1.82) is 0 Å². The lowest BCUT2D eigenvalue weighted by Gasteiger charge is -2.29. The number of carbonyl (C=O) groups is 3. The average molecular weight is 657 g/mol. The van der Waals surface area contributed by atoms with Crippen LogP contribution in [0.1, 0.15) is 45.9 Å². The molecule has 2 heterocycles. The summed E-state index contributed by atoms with van der Waals surface area (Å²) in [5.74, 6) is -0.333. The van der Waals surface area contributed by atoms with Crippen molar-refractivity contribution in [2.45, 2.75) is 52.4 Å². The van der Waals surface area contributed by atoms with Crippen molar-refractivity contribution >= 4 is 39.9 Å². The van der Waals surface area contributed by atoms with Crippen molar-refractivity contribution in [3.63, 3.8) is 0 Å². The zero-order valence-electron chi connectivity index (χ0n) is 26.7. The van der Waals surface area contributed by atoms with Crippen molar-refractivity contribution in [3.8, 4) is 11.5 Å². The predicted molar refractivity (Wildman–Crippen MR) is 179 cm³/mol. The lowest BCUT2D eigenvalue weighted by Crippen LogP contribution is -2.50. The van der Waals surface area contributed by atoms with Gasteiger partial charge in [0.1, 0.15) is 36.5 Å². The number of amides is 3. The third-order valence-electron chi connectivity index (χ3n) is 7.51. The number of phenolic OH excluding ortho intramolecular Hbond substituents is 1. The maximum atomic E-state index is 14.1. The maximum absolute atomic E-state index is 14.1. The van der Waals surface area contributed by atoms with Gasteiger partial charge >= 0.3 is 17.0 Å². The fraction of sp³-hybridized carbons (Fsp3) is 0.257. The van der Waals surface area contributed by atoms with E-state index in [9.17, 15) is 19.5 Å². The van der Waals surface area contributed by atoms with Crippen LogP contribution in [0.15, 0.2) is 85.2 Å². The van der Waals surface area contributed by atoms with E-state index in [1.807, 2.05) is 48.0 Å². The average Bonchev–Trinajstić information content (AvgIpc) is 3.55. The molecule has 0 radical (unpaired) electrons. The number of fused-ring (bicyclic) bond motifs is 1. The second kappa shape index (κ2) is 14.4. The van der Waals surface area contributed by atoms with Crippen LogP contribution in [-0.4, -0.2) is 51.7 Å². The molecule has 0 spiro atoms. The summed E-state index contributed by atoms with van der Waals surface area (Å²) in [6.07, 6.45) is 3.83. The molecule has 0 aliphatic heterocycles. The Morgan fingerprint density at radius 2 is 1.74 bits per heavy atom. The molecule has 3 aromatic carbocycles. The Morgan fingerprint density at radius 3 is 2.40 bits per heavy atom. The molecule has 1 atom stereocenters. The standard InChI is InChI=1S/C35H37N5O6S/c1-22(2)46-33(43)26-10-12-27(13-11-26)37-34(44)40(31(32(36)42)17-24-8-14-29(41)15-9-24)21-28-20-38-18-23(3)47-35(38)39(28)19-25-6-5-7-30(16-25)45-4/h5-16,18,20,22,31H,17,19,21H2,1-4H3,(H3-,36,37,41,42,43,44)/p+1/t31-/m0/s1. The van der Waals surface area contributed by atoms with Gasteiger partial charge < -0.3 is 30.5 Å². The van der Waals surface area contributed by atoms with Gasteiger partial charge in [-0.2, -0.15) is 4.40 Å². The molecule has 2 aromatic heterocycles. The molecule has 0 saturated carbocycles. The SMILES string of the molecule is COc1cccc(Cn2c(CN(C(=O)Nc3ccc(C(=O)OC(C)C)cc3)[C@@H](Cc3ccc(O)cc3)C(N)=O)c[n+]3cc(C)sc23)c1. The number of aromatic hydroxyl groups is 1. The number of rotatable bonds is 12. The van der Waals surface area contributed by atoms with Crippen LogP contribution in [0.3, 0.4) is 0 Å². The number of methoxy groups -OCH3 is 1. The highest BCUT2D eigenvalue weighted by Gasteiger charge is 2.32. The van der Waals surface area contributed by atoms with Crippen LogP contribution in [0.2, 0.25) is 0 Å². The minimum Gasteiger partial charge on any atom is -0.508 e. The molecule has 5 rings (SSSR count). The van der Waals surface area contributed by atoms with Crippen LogP contribution < -0.4 is 20.2 Å². The number of imidazole rings is 1. The van der Waals surface area contributed by atoms with Gasteiger partial charge in [0.2, 0.25) is 5.91 Å². The van der Waals surface area contributed by atoms with Crippen molar-refractivity contribution in [3.05, 3.63) is 112 Å². The van der Waals surface area contributed by atoms with Gasteiger partial charge in [-0.25, -0.2) is 14.2 Å². The molecule has 3 amide bonds. The summed E-state index contributed by atoms with van der Waals surface area (Å²) < 4.78 is 14.8. The predicted octanol–water partition coefficient (Wildman–Crippen LogP) is 5.06. The van der Waals surface area contributed by atoms with Crippen molar-refractivity contribution < 1.29 is 33.4 Å². The molecule has 0 saturated heterocycles. The van der Waals surface area contributed by atoms with Gasteiger partial charge in [-0.3, -0.25) is 4.79 Å². The Balaban J connectivity index is 1.50. The Hall–Kier alpha value is -5.36. The minimum absolute atomic E-state index is 0.0493. The number of nitrogens with two attached hydrogens (primary N) is 1. The zero-order valence-corrected chi connectivity index (χ0v) is 27.5. The first-order valence-corrected chi connectivity index (χ1v) is 15.9. The highest BCUT2D eigenvalue weighted by atomic mass is 32.1. The van der Waals surface area contributed by atoms with Gasteiger partial charge in [-0.1, -0.05) is 35.6 Å². The van der Waals surface area contributed by atoms with Gasteiger partial charge in [-0.05, 0) is 80.4 Å². The molecule has 4 N–H and O–H groups in total. The first kappa shape index (κ1) is 33.0.